The highest BCUT2D eigenvalue weighted by Crippen LogP contribution is 2.45. The van der Waals surface area contributed by atoms with Gasteiger partial charge in [0.05, 0.1) is 12.0 Å². The fraction of sp³-hybridized carbons (Fsp3) is 0.684. The maximum atomic E-state index is 13.2. The van der Waals surface area contributed by atoms with Crippen molar-refractivity contribution in [2.75, 3.05) is 39.4 Å². The number of ether oxygens (including phenoxy) is 1. The first-order valence-corrected chi connectivity index (χ1v) is 9.16. The van der Waals surface area contributed by atoms with Crippen LogP contribution in [-0.2, 0) is 16.1 Å². The third-order valence-corrected chi connectivity index (χ3v) is 6.16. The third-order valence-electron chi connectivity index (χ3n) is 6.16. The number of pyridine rings is 1. The van der Waals surface area contributed by atoms with Gasteiger partial charge in [0.25, 0.3) is 0 Å². The molecule has 0 bridgehead atoms. The second-order valence-electron chi connectivity index (χ2n) is 7.82. The molecule has 3 saturated heterocycles. The van der Waals surface area contributed by atoms with Crippen molar-refractivity contribution in [3.63, 3.8) is 0 Å². The van der Waals surface area contributed by atoms with E-state index in [2.05, 4.69) is 22.9 Å². The van der Waals surface area contributed by atoms with Gasteiger partial charge in [-0.3, -0.25) is 9.78 Å². The largest absolute Gasteiger partial charge is 0.381 e. The van der Waals surface area contributed by atoms with Gasteiger partial charge in [-0.25, -0.2) is 0 Å². The number of nitrogens with zero attached hydrogens (tertiary/aromatic N) is 3. The number of carbonyl (C=O) groups is 1. The Morgan fingerprint density at radius 3 is 3.12 bits per heavy atom. The van der Waals surface area contributed by atoms with Gasteiger partial charge in [0.1, 0.15) is 0 Å². The van der Waals surface area contributed by atoms with Crippen LogP contribution in [0.5, 0.6) is 0 Å². The third kappa shape index (κ3) is 2.84. The first-order chi connectivity index (χ1) is 11.7. The molecule has 3 atom stereocenters. The molecule has 5 nitrogen and oxygen atoms in total. The number of hydrogen-bond acceptors (Lipinski definition) is 4. The molecule has 24 heavy (non-hydrogen) atoms. The van der Waals surface area contributed by atoms with Gasteiger partial charge in [0.2, 0.25) is 5.91 Å². The van der Waals surface area contributed by atoms with Crippen molar-refractivity contribution in [3.05, 3.63) is 30.1 Å². The summed E-state index contributed by atoms with van der Waals surface area (Å²) in [6.07, 6.45) is 5.80. The zero-order valence-electron chi connectivity index (χ0n) is 14.5. The molecule has 1 aromatic rings. The first kappa shape index (κ1) is 16.0. The number of aromatic nitrogens is 1. The predicted molar refractivity (Wildman–Crippen MR) is 91.2 cm³/mol. The Morgan fingerprint density at radius 1 is 1.46 bits per heavy atom. The molecule has 3 aliphatic rings. The Hall–Kier alpha value is -1.46. The number of amides is 1. The van der Waals surface area contributed by atoms with Crippen LogP contribution in [0.2, 0.25) is 0 Å². The molecule has 4 heterocycles. The molecule has 0 radical (unpaired) electrons. The molecule has 5 heteroatoms. The van der Waals surface area contributed by atoms with Crippen molar-refractivity contribution in [3.8, 4) is 0 Å². The molecule has 0 N–H and O–H groups in total. The van der Waals surface area contributed by atoms with Crippen LogP contribution in [0.4, 0.5) is 0 Å². The minimum absolute atomic E-state index is 0.165. The molecule has 3 aliphatic heterocycles. The summed E-state index contributed by atoms with van der Waals surface area (Å²) < 4.78 is 5.51. The van der Waals surface area contributed by atoms with Crippen LogP contribution < -0.4 is 0 Å². The SMILES string of the molecule is C[C@@H]1CN(C[C@@H]2CCOC2)C[C@]12CCN(Cc1cccnc1)C2=O. The highest BCUT2D eigenvalue weighted by Gasteiger charge is 2.54. The van der Waals surface area contributed by atoms with Gasteiger partial charge >= 0.3 is 0 Å². The molecule has 1 aromatic heterocycles. The van der Waals surface area contributed by atoms with Crippen molar-refractivity contribution in [1.82, 2.24) is 14.8 Å². The lowest BCUT2D eigenvalue weighted by atomic mass is 9.78. The van der Waals surface area contributed by atoms with Gasteiger partial charge in [0.15, 0.2) is 0 Å². The van der Waals surface area contributed by atoms with E-state index in [1.807, 2.05) is 17.2 Å². The van der Waals surface area contributed by atoms with Crippen molar-refractivity contribution in [2.45, 2.75) is 26.3 Å². The molecule has 0 aliphatic carbocycles. The Labute approximate surface area is 144 Å². The zero-order chi connectivity index (χ0) is 16.6. The minimum atomic E-state index is -0.165. The fourth-order valence-corrected chi connectivity index (χ4v) is 4.74. The van der Waals surface area contributed by atoms with Crippen molar-refractivity contribution in [2.24, 2.45) is 17.3 Å². The molecule has 3 fully saturated rings. The summed E-state index contributed by atoms with van der Waals surface area (Å²) in [5.74, 6) is 1.44. The molecule has 4 rings (SSSR count). The molecular formula is C19H27N3O2. The fourth-order valence-electron chi connectivity index (χ4n) is 4.74. The van der Waals surface area contributed by atoms with Gasteiger partial charge in [0, 0.05) is 51.7 Å². The van der Waals surface area contributed by atoms with E-state index in [1.165, 1.54) is 6.42 Å². The topological polar surface area (TPSA) is 45.7 Å². The maximum absolute atomic E-state index is 13.2. The van der Waals surface area contributed by atoms with E-state index in [-0.39, 0.29) is 5.41 Å². The lowest BCUT2D eigenvalue weighted by molar-refractivity contribution is -0.137. The summed E-state index contributed by atoms with van der Waals surface area (Å²) in [5.41, 5.74) is 0.954. The highest BCUT2D eigenvalue weighted by atomic mass is 16.5. The van der Waals surface area contributed by atoms with Gasteiger partial charge in [-0.15, -0.1) is 0 Å². The van der Waals surface area contributed by atoms with Crippen molar-refractivity contribution in [1.29, 1.82) is 0 Å². The van der Waals surface area contributed by atoms with E-state index in [0.29, 0.717) is 24.3 Å². The first-order valence-electron chi connectivity index (χ1n) is 9.16. The van der Waals surface area contributed by atoms with Crippen LogP contribution in [0.3, 0.4) is 0 Å². The molecule has 0 unspecified atom stereocenters. The summed E-state index contributed by atoms with van der Waals surface area (Å²) in [4.78, 5) is 21.9. The number of carbonyl (C=O) groups excluding carboxylic acids is 1. The Kier molecular flexibility index (Phi) is 4.31. The quantitative estimate of drug-likeness (QED) is 0.845. The zero-order valence-corrected chi connectivity index (χ0v) is 14.5. The second kappa shape index (κ2) is 6.45. The van der Waals surface area contributed by atoms with Gasteiger partial charge < -0.3 is 14.5 Å². The van der Waals surface area contributed by atoms with Crippen LogP contribution >= 0.6 is 0 Å². The lowest BCUT2D eigenvalue weighted by Gasteiger charge is -2.27. The molecule has 130 valence electrons. The Morgan fingerprint density at radius 2 is 2.38 bits per heavy atom. The number of hydrogen-bond donors (Lipinski definition) is 0. The average Bonchev–Trinajstić information content (AvgIpc) is 3.27. The second-order valence-corrected chi connectivity index (χ2v) is 7.82. The lowest BCUT2D eigenvalue weighted by Crippen LogP contribution is -2.39. The van der Waals surface area contributed by atoms with Crippen LogP contribution in [0.25, 0.3) is 0 Å². The molecular weight excluding hydrogens is 302 g/mol. The van der Waals surface area contributed by atoms with Crippen LogP contribution in [0, 0.1) is 17.3 Å². The number of likely N-dealkylation sites (tertiary alicyclic amines) is 2. The summed E-state index contributed by atoms with van der Waals surface area (Å²) >= 11 is 0. The van der Waals surface area contributed by atoms with Crippen molar-refractivity contribution < 1.29 is 9.53 Å². The highest BCUT2D eigenvalue weighted by molar-refractivity contribution is 5.86. The molecule has 0 aromatic carbocycles. The maximum Gasteiger partial charge on any atom is 0.230 e. The summed E-state index contributed by atoms with van der Waals surface area (Å²) in [7, 11) is 0. The van der Waals surface area contributed by atoms with E-state index in [0.717, 1.165) is 51.4 Å². The van der Waals surface area contributed by atoms with E-state index < -0.39 is 0 Å². The molecule has 1 spiro atoms. The van der Waals surface area contributed by atoms with Crippen LogP contribution in [0.15, 0.2) is 24.5 Å². The Balaban J connectivity index is 1.42. The van der Waals surface area contributed by atoms with E-state index >= 15 is 0 Å². The minimum Gasteiger partial charge on any atom is -0.381 e. The normalized spacial score (nSPS) is 33.9. The summed E-state index contributed by atoms with van der Waals surface area (Å²) in [5, 5.41) is 0. The monoisotopic (exact) mass is 329 g/mol. The predicted octanol–water partition coefficient (Wildman–Crippen LogP) is 1.79. The van der Waals surface area contributed by atoms with Gasteiger partial charge in [-0.2, -0.15) is 0 Å². The van der Waals surface area contributed by atoms with Crippen molar-refractivity contribution >= 4 is 5.91 Å². The van der Waals surface area contributed by atoms with Gasteiger partial charge in [-0.05, 0) is 36.3 Å². The summed E-state index contributed by atoms with van der Waals surface area (Å²) in [6.45, 7) is 8.67. The van der Waals surface area contributed by atoms with E-state index in [9.17, 15) is 4.79 Å². The number of rotatable bonds is 4. The van der Waals surface area contributed by atoms with Gasteiger partial charge in [-0.1, -0.05) is 13.0 Å². The van der Waals surface area contributed by atoms with E-state index in [1.54, 1.807) is 6.20 Å². The average molecular weight is 329 g/mol. The van der Waals surface area contributed by atoms with E-state index in [4.69, 9.17) is 4.74 Å². The van der Waals surface area contributed by atoms with Crippen LogP contribution in [0.1, 0.15) is 25.3 Å². The smallest absolute Gasteiger partial charge is 0.230 e. The Bertz CT molecular complexity index is 588. The summed E-state index contributed by atoms with van der Waals surface area (Å²) in [6, 6.07) is 3.99. The standard InChI is InChI=1S/C19H27N3O2/c1-15-10-21(11-17-4-8-24-13-17)14-19(15)5-7-22(18(19)23)12-16-3-2-6-20-9-16/h2-3,6,9,15,17H,4-5,7-8,10-14H2,1H3/t15-,17+,19-/m1/s1. The van der Waals surface area contributed by atoms with Crippen LogP contribution in [-0.4, -0.2) is 60.1 Å². The molecule has 1 amide bonds. The molecule has 0 saturated carbocycles.